The van der Waals surface area contributed by atoms with E-state index in [1.54, 1.807) is 13.8 Å². The van der Waals surface area contributed by atoms with Crippen LogP contribution in [0.3, 0.4) is 0 Å². The number of benzene rings is 1. The second kappa shape index (κ2) is 10.5. The number of likely N-dealkylation sites (N-methyl/N-ethyl adjacent to an activating group) is 1. The molecule has 1 saturated carbocycles. The molecular weight excluding hydrogens is 552 g/mol. The van der Waals surface area contributed by atoms with Gasteiger partial charge in [-0.2, -0.15) is 13.2 Å². The zero-order valence-electron chi connectivity index (χ0n) is 24.1. The lowest BCUT2D eigenvalue weighted by Crippen LogP contribution is -2.61. The molecule has 6 rings (SSSR count). The van der Waals surface area contributed by atoms with Gasteiger partial charge in [0.05, 0.1) is 29.9 Å². The predicted molar refractivity (Wildman–Crippen MR) is 147 cm³/mol. The van der Waals surface area contributed by atoms with Crippen LogP contribution in [-0.2, 0) is 27.7 Å². The predicted octanol–water partition coefficient (Wildman–Crippen LogP) is 4.43. The van der Waals surface area contributed by atoms with Crippen LogP contribution in [0.2, 0.25) is 0 Å². The number of nitrogens with zero attached hydrogens (tertiary/aromatic N) is 5. The smallest absolute Gasteiger partial charge is 0.363 e. The molecule has 3 aliphatic heterocycles. The van der Waals surface area contributed by atoms with Crippen molar-refractivity contribution in [3.63, 3.8) is 0 Å². The molecule has 0 bridgehead atoms. The maximum absolute atomic E-state index is 15.1. The van der Waals surface area contributed by atoms with Crippen LogP contribution in [0.5, 0.6) is 0 Å². The second-order valence-corrected chi connectivity index (χ2v) is 12.4. The Morgan fingerprint density at radius 2 is 1.93 bits per heavy atom. The van der Waals surface area contributed by atoms with Gasteiger partial charge in [-0.3, -0.25) is 9.59 Å². The number of halogens is 4. The maximum Gasteiger partial charge on any atom is 0.419 e. The lowest BCUT2D eigenvalue weighted by Gasteiger charge is -2.48. The molecule has 42 heavy (non-hydrogen) atoms. The first kappa shape index (κ1) is 28.8. The Labute approximate surface area is 242 Å². The van der Waals surface area contributed by atoms with E-state index in [1.807, 2.05) is 16.8 Å². The summed E-state index contributed by atoms with van der Waals surface area (Å²) in [6.45, 7) is 5.91. The molecule has 4 heterocycles. The summed E-state index contributed by atoms with van der Waals surface area (Å²) in [6, 6.07) is 2.25. The van der Waals surface area contributed by atoms with Gasteiger partial charge in [-0.15, -0.1) is 0 Å². The summed E-state index contributed by atoms with van der Waals surface area (Å²) in [6.07, 6.45) is -0.911. The van der Waals surface area contributed by atoms with Gasteiger partial charge in [0, 0.05) is 36.7 Å². The van der Waals surface area contributed by atoms with E-state index in [0.717, 1.165) is 31.9 Å². The average Bonchev–Trinajstić information content (AvgIpc) is 3.67. The first-order valence-corrected chi connectivity index (χ1v) is 14.7. The number of anilines is 1. The van der Waals surface area contributed by atoms with Crippen LogP contribution in [0, 0.1) is 18.7 Å². The van der Waals surface area contributed by atoms with Gasteiger partial charge in [-0.1, -0.05) is 12.1 Å². The third-order valence-electron chi connectivity index (χ3n) is 9.25. The van der Waals surface area contributed by atoms with Crippen LogP contribution in [0.4, 0.5) is 23.4 Å². The zero-order valence-corrected chi connectivity index (χ0v) is 24.1. The highest BCUT2D eigenvalue weighted by Gasteiger charge is 2.53. The molecule has 4 aliphatic rings. The number of alkyl halides is 3. The molecular formula is C30H36F4N6O2. The summed E-state index contributed by atoms with van der Waals surface area (Å²) in [4.78, 5) is 42.5. The Kier molecular flexibility index (Phi) is 7.18. The molecule has 12 heteroatoms. The third kappa shape index (κ3) is 5.01. The number of piperidine rings is 1. The fourth-order valence-electron chi connectivity index (χ4n) is 6.98. The molecule has 3 atom stereocenters. The van der Waals surface area contributed by atoms with E-state index in [9.17, 15) is 22.8 Å². The largest absolute Gasteiger partial charge is 0.419 e. The quantitative estimate of drug-likeness (QED) is 0.521. The first-order valence-electron chi connectivity index (χ1n) is 14.7. The summed E-state index contributed by atoms with van der Waals surface area (Å²) in [7, 11) is 1.98. The van der Waals surface area contributed by atoms with Crippen molar-refractivity contribution in [3.05, 3.63) is 52.2 Å². The number of aryl methyl sites for hydroxylation is 1. The van der Waals surface area contributed by atoms with Crippen molar-refractivity contribution in [2.24, 2.45) is 5.92 Å². The fourth-order valence-corrected chi connectivity index (χ4v) is 6.98. The van der Waals surface area contributed by atoms with Gasteiger partial charge in [0.15, 0.2) is 0 Å². The summed E-state index contributed by atoms with van der Waals surface area (Å²) in [5.74, 6) is -0.260. The molecule has 2 amide bonds. The molecule has 3 fully saturated rings. The SMILES string of the molecule is Cc1nc(N[C@H](C)c2cccc(C(F)(F)F)c2F)c2c(n1)C1(CCCN(C)C1)C(=O)N([C@@H]1CCN(C(=O)C3CC3)C1)C2. The number of hydrogen-bond donors (Lipinski definition) is 1. The number of nitrogens with one attached hydrogen (secondary N) is 1. The highest BCUT2D eigenvalue weighted by Crippen LogP contribution is 2.44. The second-order valence-electron chi connectivity index (χ2n) is 12.4. The number of carbonyl (C=O) groups excluding carboxylic acids is 2. The highest BCUT2D eigenvalue weighted by atomic mass is 19.4. The minimum Gasteiger partial charge on any atom is -0.363 e. The monoisotopic (exact) mass is 588 g/mol. The van der Waals surface area contributed by atoms with E-state index >= 15 is 4.39 Å². The molecule has 2 saturated heterocycles. The summed E-state index contributed by atoms with van der Waals surface area (Å²) >= 11 is 0. The van der Waals surface area contributed by atoms with E-state index < -0.39 is 29.0 Å². The molecule has 1 aromatic carbocycles. The van der Waals surface area contributed by atoms with Crippen LogP contribution in [0.1, 0.15) is 73.3 Å². The van der Waals surface area contributed by atoms with Crippen LogP contribution in [-0.4, -0.2) is 75.8 Å². The third-order valence-corrected chi connectivity index (χ3v) is 9.25. The van der Waals surface area contributed by atoms with E-state index in [2.05, 4.69) is 15.2 Å². The minimum absolute atomic E-state index is 0.00621. The van der Waals surface area contributed by atoms with Crippen LogP contribution < -0.4 is 5.32 Å². The molecule has 1 unspecified atom stereocenters. The summed E-state index contributed by atoms with van der Waals surface area (Å²) < 4.78 is 55.4. The van der Waals surface area contributed by atoms with E-state index in [1.165, 1.54) is 12.1 Å². The van der Waals surface area contributed by atoms with E-state index in [4.69, 9.17) is 4.98 Å². The fraction of sp³-hybridized carbons (Fsp3) is 0.600. The maximum atomic E-state index is 15.1. The van der Waals surface area contributed by atoms with Crippen molar-refractivity contribution in [1.29, 1.82) is 0 Å². The highest BCUT2D eigenvalue weighted by molar-refractivity contribution is 5.91. The van der Waals surface area contributed by atoms with E-state index in [0.29, 0.717) is 55.4 Å². The molecule has 2 aromatic rings. The standard InChI is InChI=1S/C30H36F4N6O2/c1-17(21-6-4-7-23(24(21)31)30(32,33)34)35-26-22-15-40(20-10-13-39(14-20)27(41)19-8-9-19)28(42)29(11-5-12-38(3)16-29)25(22)36-18(2)37-26/h4,6-7,17,19-20H,5,8-16H2,1-3H3,(H,35,36,37)/t17-,20-,29?/m1/s1. The van der Waals surface area contributed by atoms with Crippen molar-refractivity contribution in [2.75, 3.05) is 38.5 Å². The van der Waals surface area contributed by atoms with Gasteiger partial charge >= 0.3 is 6.18 Å². The number of rotatable bonds is 5. The lowest BCUT2D eigenvalue weighted by atomic mass is 9.71. The van der Waals surface area contributed by atoms with Crippen LogP contribution >= 0.6 is 0 Å². The Hall–Kier alpha value is -3.28. The molecule has 1 aromatic heterocycles. The molecule has 1 spiro atoms. The van der Waals surface area contributed by atoms with Gasteiger partial charge in [-0.25, -0.2) is 14.4 Å². The number of fused-ring (bicyclic) bond motifs is 2. The van der Waals surface area contributed by atoms with E-state index in [-0.39, 0.29) is 35.9 Å². The Morgan fingerprint density at radius 1 is 1.17 bits per heavy atom. The first-order chi connectivity index (χ1) is 19.9. The van der Waals surface area contributed by atoms with Gasteiger partial charge in [-0.05, 0) is 65.6 Å². The number of aromatic nitrogens is 2. The Bertz CT molecular complexity index is 1410. The van der Waals surface area contributed by atoms with Crippen molar-refractivity contribution >= 4 is 17.6 Å². The van der Waals surface area contributed by atoms with Gasteiger partial charge in [0.25, 0.3) is 0 Å². The lowest BCUT2D eigenvalue weighted by molar-refractivity contribution is -0.145. The Balaban J connectivity index is 1.38. The van der Waals surface area contributed by atoms with Gasteiger partial charge < -0.3 is 20.0 Å². The van der Waals surface area contributed by atoms with Crippen LogP contribution in [0.25, 0.3) is 0 Å². The number of amides is 2. The normalized spacial score (nSPS) is 25.6. The number of likely N-dealkylation sites (tertiary alicyclic amines) is 2. The molecule has 1 N–H and O–H groups in total. The molecule has 226 valence electrons. The summed E-state index contributed by atoms with van der Waals surface area (Å²) in [5, 5.41) is 3.18. The molecule has 1 aliphatic carbocycles. The average molecular weight is 589 g/mol. The molecule has 0 radical (unpaired) electrons. The van der Waals surface area contributed by atoms with Gasteiger partial charge in [0.1, 0.15) is 22.9 Å². The Morgan fingerprint density at radius 3 is 2.62 bits per heavy atom. The number of carbonyl (C=O) groups is 2. The summed E-state index contributed by atoms with van der Waals surface area (Å²) in [5.41, 5.74) is -1.03. The minimum atomic E-state index is -4.82. The number of hydrogen-bond acceptors (Lipinski definition) is 6. The zero-order chi connectivity index (χ0) is 30.0. The van der Waals surface area contributed by atoms with Crippen molar-refractivity contribution in [1.82, 2.24) is 24.7 Å². The van der Waals surface area contributed by atoms with Crippen LogP contribution in [0.15, 0.2) is 18.2 Å². The van der Waals surface area contributed by atoms with Crippen molar-refractivity contribution in [3.8, 4) is 0 Å². The van der Waals surface area contributed by atoms with Crippen molar-refractivity contribution in [2.45, 2.75) is 76.2 Å². The van der Waals surface area contributed by atoms with Gasteiger partial charge in [0.2, 0.25) is 11.8 Å². The topological polar surface area (TPSA) is 81.7 Å². The van der Waals surface area contributed by atoms with Crippen molar-refractivity contribution < 1.29 is 27.2 Å². The molecule has 8 nitrogen and oxygen atoms in total.